The van der Waals surface area contributed by atoms with E-state index >= 15 is 0 Å². The molecule has 1 heterocycles. The van der Waals surface area contributed by atoms with Gasteiger partial charge in [0.25, 0.3) is 0 Å². The number of halogens is 1. The Hall–Kier alpha value is 0.490. The molecule has 1 fully saturated rings. The van der Waals surface area contributed by atoms with Gasteiger partial charge < -0.3 is 0 Å². The molecule has 4 nitrogen and oxygen atoms in total. The molecule has 1 aliphatic rings. The molecule has 0 spiro atoms. The average Bonchev–Trinajstić information content (AvgIpc) is 2.08. The molecular formula is C6H8AuClN2O2Se. The Kier molecular flexibility index (Phi) is 5.00. The third-order valence-corrected chi connectivity index (χ3v) is 3.79. The van der Waals surface area contributed by atoms with E-state index in [1.165, 1.54) is 11.9 Å². The SMILES string of the molecule is CN1C(=O)C(Cl)C([Se])N(C)C1=O.[Au]. The molecular weight excluding hydrogens is 443 g/mol. The predicted molar refractivity (Wildman–Crippen MR) is 45.1 cm³/mol. The Labute approximate surface area is 105 Å². The minimum absolute atomic E-state index is 0. The minimum atomic E-state index is -0.683. The molecule has 7 heteroatoms. The summed E-state index contributed by atoms with van der Waals surface area (Å²) in [4.78, 5) is 24.5. The van der Waals surface area contributed by atoms with Crippen molar-refractivity contribution in [1.29, 1.82) is 0 Å². The number of carbonyl (C=O) groups is 2. The monoisotopic (exact) mass is 452 g/mol. The van der Waals surface area contributed by atoms with Crippen molar-refractivity contribution in [3.63, 3.8) is 0 Å². The number of hydrogen-bond donors (Lipinski definition) is 0. The molecule has 1 saturated heterocycles. The summed E-state index contributed by atoms with van der Waals surface area (Å²) in [5.41, 5.74) is 0. The van der Waals surface area contributed by atoms with Crippen LogP contribution in [0.1, 0.15) is 0 Å². The number of nitrogens with zero attached hydrogens (tertiary/aromatic N) is 2. The third kappa shape index (κ3) is 2.29. The van der Waals surface area contributed by atoms with E-state index in [2.05, 4.69) is 16.0 Å². The van der Waals surface area contributed by atoms with Gasteiger partial charge in [-0.15, -0.1) is 0 Å². The zero-order valence-corrected chi connectivity index (χ0v) is 11.6. The topological polar surface area (TPSA) is 40.6 Å². The van der Waals surface area contributed by atoms with E-state index in [1.807, 2.05) is 0 Å². The number of amides is 3. The molecule has 2 unspecified atom stereocenters. The van der Waals surface area contributed by atoms with Gasteiger partial charge in [-0.05, 0) is 0 Å². The van der Waals surface area contributed by atoms with Crippen LogP contribution in [-0.4, -0.2) is 62.2 Å². The summed E-state index contributed by atoms with van der Waals surface area (Å²) in [6.07, 6.45) is 0. The summed E-state index contributed by atoms with van der Waals surface area (Å²) < 4.78 is 0. The Bertz CT molecular complexity index is 219. The van der Waals surface area contributed by atoms with Crippen molar-refractivity contribution in [2.24, 2.45) is 0 Å². The van der Waals surface area contributed by atoms with E-state index in [4.69, 9.17) is 11.6 Å². The Morgan fingerprint density at radius 2 is 1.85 bits per heavy atom. The van der Waals surface area contributed by atoms with Crippen molar-refractivity contribution < 1.29 is 32.0 Å². The van der Waals surface area contributed by atoms with Gasteiger partial charge in [-0.25, -0.2) is 0 Å². The molecule has 0 aromatic heterocycles. The first-order chi connectivity index (χ1) is 5.46. The van der Waals surface area contributed by atoms with Gasteiger partial charge in [-0.3, -0.25) is 0 Å². The third-order valence-electron chi connectivity index (χ3n) is 1.79. The molecule has 0 aliphatic carbocycles. The van der Waals surface area contributed by atoms with E-state index < -0.39 is 5.38 Å². The van der Waals surface area contributed by atoms with E-state index in [0.717, 1.165) is 4.90 Å². The molecule has 2 radical (unpaired) electrons. The van der Waals surface area contributed by atoms with Crippen LogP contribution in [0.4, 0.5) is 4.79 Å². The summed E-state index contributed by atoms with van der Waals surface area (Å²) in [6, 6.07) is -0.333. The van der Waals surface area contributed by atoms with Gasteiger partial charge in [0.1, 0.15) is 0 Å². The van der Waals surface area contributed by atoms with Gasteiger partial charge in [0.15, 0.2) is 0 Å². The van der Waals surface area contributed by atoms with E-state index in [9.17, 15) is 9.59 Å². The van der Waals surface area contributed by atoms with E-state index in [0.29, 0.717) is 0 Å². The van der Waals surface area contributed by atoms with Gasteiger partial charge in [-0.1, -0.05) is 0 Å². The molecule has 1 aliphatic heterocycles. The van der Waals surface area contributed by atoms with Crippen molar-refractivity contribution in [3.8, 4) is 0 Å². The summed E-state index contributed by atoms with van der Waals surface area (Å²) in [6.45, 7) is 0. The number of alkyl halides is 1. The first kappa shape index (κ1) is 13.5. The first-order valence-electron chi connectivity index (χ1n) is 3.31. The molecule has 0 aromatic rings. The van der Waals surface area contributed by atoms with Crippen LogP contribution >= 0.6 is 11.6 Å². The molecule has 78 valence electrons. The number of hydrogen-bond acceptors (Lipinski definition) is 2. The number of imide groups is 1. The summed E-state index contributed by atoms with van der Waals surface area (Å²) in [5.74, 6) is -0.358. The number of urea groups is 1. The van der Waals surface area contributed by atoms with Crippen molar-refractivity contribution in [2.45, 2.75) is 10.3 Å². The molecule has 0 bridgehead atoms. The molecule has 3 amide bonds. The largest absolute Gasteiger partial charge is 0 e. The molecule has 0 aromatic carbocycles. The fourth-order valence-corrected chi connectivity index (χ4v) is 1.69. The van der Waals surface area contributed by atoms with Gasteiger partial charge in [-0.2, -0.15) is 0 Å². The summed E-state index contributed by atoms with van der Waals surface area (Å²) >= 11 is 8.44. The first-order valence-corrected chi connectivity index (χ1v) is 4.73. The standard InChI is InChI=1S/C6H8ClN2O2Se.Au/c1-8-4(10)3(7)5(12)9(2)6(8)11;/h3,5H,1-2H3;. The molecule has 1 rings (SSSR count). The molecule has 13 heavy (non-hydrogen) atoms. The van der Waals surface area contributed by atoms with Crippen molar-refractivity contribution in [1.82, 2.24) is 9.80 Å². The quantitative estimate of drug-likeness (QED) is 0.372. The Balaban J connectivity index is 0.00000144. The fourth-order valence-electron chi connectivity index (χ4n) is 0.943. The fraction of sp³-hybridized carbons (Fsp3) is 0.667. The van der Waals surface area contributed by atoms with Gasteiger partial charge in [0, 0.05) is 22.4 Å². The van der Waals surface area contributed by atoms with Crippen LogP contribution in [0.2, 0.25) is 0 Å². The number of rotatable bonds is 0. The maximum atomic E-state index is 11.2. The van der Waals surface area contributed by atoms with Crippen molar-refractivity contribution in [2.75, 3.05) is 14.1 Å². The smallest absolute Gasteiger partial charge is 0 e. The maximum Gasteiger partial charge on any atom is 0 e. The molecule has 0 N–H and O–H groups in total. The van der Waals surface area contributed by atoms with Crippen LogP contribution in [0.25, 0.3) is 0 Å². The van der Waals surface area contributed by atoms with Crippen LogP contribution in [0.15, 0.2) is 0 Å². The summed E-state index contributed by atoms with van der Waals surface area (Å²) in [5, 5.41) is -0.683. The molecule has 0 saturated carbocycles. The van der Waals surface area contributed by atoms with Crippen LogP contribution in [0, 0.1) is 0 Å². The van der Waals surface area contributed by atoms with Crippen LogP contribution in [-0.2, 0) is 27.2 Å². The molecule has 2 atom stereocenters. The Morgan fingerprint density at radius 3 is 2.31 bits per heavy atom. The zero-order chi connectivity index (χ0) is 9.46. The predicted octanol–water partition coefficient (Wildman–Crippen LogP) is -0.390. The summed E-state index contributed by atoms with van der Waals surface area (Å²) in [7, 11) is 3.02. The number of carbonyl (C=O) groups excluding carboxylic acids is 2. The van der Waals surface area contributed by atoms with Crippen molar-refractivity contribution >= 4 is 39.6 Å². The Morgan fingerprint density at radius 1 is 1.38 bits per heavy atom. The maximum absolute atomic E-state index is 11.2. The van der Waals surface area contributed by atoms with Crippen molar-refractivity contribution in [3.05, 3.63) is 0 Å². The van der Waals surface area contributed by atoms with Crippen LogP contribution in [0.3, 0.4) is 0 Å². The van der Waals surface area contributed by atoms with E-state index in [1.54, 1.807) is 7.05 Å². The zero-order valence-electron chi connectivity index (χ0n) is 6.95. The van der Waals surface area contributed by atoms with Gasteiger partial charge >= 0.3 is 83.4 Å². The minimum Gasteiger partial charge on any atom is 0 e. The normalized spacial score (nSPS) is 28.9. The van der Waals surface area contributed by atoms with E-state index in [-0.39, 0.29) is 39.3 Å². The second kappa shape index (κ2) is 4.82. The van der Waals surface area contributed by atoms with Gasteiger partial charge in [0.05, 0.1) is 0 Å². The second-order valence-corrected chi connectivity index (χ2v) is 4.07. The van der Waals surface area contributed by atoms with Crippen LogP contribution in [0.5, 0.6) is 0 Å². The average molecular weight is 452 g/mol. The van der Waals surface area contributed by atoms with Crippen LogP contribution < -0.4 is 0 Å². The van der Waals surface area contributed by atoms with Gasteiger partial charge in [0.2, 0.25) is 0 Å². The second-order valence-electron chi connectivity index (χ2n) is 2.58.